The Hall–Kier alpha value is 0.270. The Morgan fingerprint density at radius 3 is 2.89 bits per heavy atom. The van der Waals surface area contributed by atoms with Crippen molar-refractivity contribution in [3.63, 3.8) is 0 Å². The second kappa shape index (κ2) is 3.44. The topological polar surface area (TPSA) is 23.5 Å². The Morgan fingerprint density at radius 1 is 1.67 bits per heavy atom. The van der Waals surface area contributed by atoms with E-state index in [4.69, 9.17) is 5.11 Å². The Morgan fingerprint density at radius 2 is 2.44 bits per heavy atom. The van der Waals surface area contributed by atoms with Crippen LogP contribution in [0.4, 0.5) is 0 Å². The summed E-state index contributed by atoms with van der Waals surface area (Å²) in [5.74, 6) is 0. The van der Waals surface area contributed by atoms with Crippen molar-refractivity contribution in [2.24, 2.45) is 0 Å². The van der Waals surface area contributed by atoms with Crippen LogP contribution in [0.5, 0.6) is 0 Å². The van der Waals surface area contributed by atoms with Crippen LogP contribution in [0.2, 0.25) is 0 Å². The van der Waals surface area contributed by atoms with Crippen LogP contribution in [0, 0.1) is 0 Å². The van der Waals surface area contributed by atoms with Crippen LogP contribution >= 0.6 is 12.8 Å². The summed E-state index contributed by atoms with van der Waals surface area (Å²) in [5, 5.41) is 8.58. The summed E-state index contributed by atoms with van der Waals surface area (Å²) < 4.78 is 2.02. The molecule has 0 aromatic rings. The minimum absolute atomic E-state index is 0.293. The van der Waals surface area contributed by atoms with Crippen molar-refractivity contribution in [1.82, 2.24) is 4.31 Å². The number of aliphatic hydroxyl groups is 1. The minimum Gasteiger partial charge on any atom is -0.396 e. The Bertz CT molecular complexity index is 89.1. The lowest BCUT2D eigenvalue weighted by Gasteiger charge is -2.15. The van der Waals surface area contributed by atoms with E-state index in [0.29, 0.717) is 12.6 Å². The van der Waals surface area contributed by atoms with Crippen molar-refractivity contribution in [2.45, 2.75) is 25.3 Å². The van der Waals surface area contributed by atoms with Gasteiger partial charge in [0.2, 0.25) is 0 Å². The predicted octanol–water partition coefficient (Wildman–Crippen LogP) is 0.678. The van der Waals surface area contributed by atoms with Crippen LogP contribution in [-0.4, -0.2) is 28.6 Å². The highest BCUT2D eigenvalue weighted by Crippen LogP contribution is 2.20. The highest BCUT2D eigenvalue weighted by molar-refractivity contribution is 7.77. The number of nitrogens with zero attached hydrogens (tertiary/aromatic N) is 1. The first-order chi connectivity index (χ1) is 4.34. The van der Waals surface area contributed by atoms with Gasteiger partial charge in [0.1, 0.15) is 0 Å². The normalized spacial score (nSPS) is 29.3. The van der Waals surface area contributed by atoms with E-state index in [-0.39, 0.29) is 0 Å². The molecule has 1 rings (SSSR count). The molecule has 0 amide bonds. The van der Waals surface area contributed by atoms with E-state index in [1.165, 1.54) is 12.8 Å². The highest BCUT2D eigenvalue weighted by Gasteiger charge is 2.20. The quantitative estimate of drug-likeness (QED) is 0.561. The van der Waals surface area contributed by atoms with Gasteiger partial charge in [-0.3, -0.25) is 4.31 Å². The zero-order valence-electron chi connectivity index (χ0n) is 5.45. The molecule has 1 saturated heterocycles. The van der Waals surface area contributed by atoms with Crippen molar-refractivity contribution in [3.8, 4) is 0 Å². The molecule has 1 N–H and O–H groups in total. The van der Waals surface area contributed by atoms with Gasteiger partial charge in [-0.15, -0.1) is 0 Å². The standard InChI is InChI=1S/C6H13NOS/c8-5-3-6-2-1-4-7(6)9/h6,8-9H,1-5H2/t6-/m1/s1. The third-order valence-electron chi connectivity index (χ3n) is 1.81. The summed E-state index contributed by atoms with van der Waals surface area (Å²) in [7, 11) is 0. The van der Waals surface area contributed by atoms with Gasteiger partial charge in [-0.25, -0.2) is 0 Å². The molecule has 0 radical (unpaired) electrons. The zero-order valence-corrected chi connectivity index (χ0v) is 6.35. The summed E-state index contributed by atoms with van der Waals surface area (Å²) in [6.45, 7) is 1.37. The summed E-state index contributed by atoms with van der Waals surface area (Å²) in [6, 6.07) is 0.526. The second-order valence-electron chi connectivity index (χ2n) is 2.47. The number of aliphatic hydroxyl groups excluding tert-OH is 1. The molecule has 0 aromatic heterocycles. The molecular weight excluding hydrogens is 134 g/mol. The molecule has 1 aliphatic heterocycles. The molecule has 0 saturated carbocycles. The third-order valence-corrected chi connectivity index (χ3v) is 2.33. The molecule has 3 heteroatoms. The predicted molar refractivity (Wildman–Crippen MR) is 40.4 cm³/mol. The number of rotatable bonds is 2. The van der Waals surface area contributed by atoms with Crippen LogP contribution in [-0.2, 0) is 0 Å². The fraction of sp³-hybridized carbons (Fsp3) is 1.00. The van der Waals surface area contributed by atoms with E-state index in [1.807, 2.05) is 4.31 Å². The molecule has 0 aliphatic carbocycles. The van der Waals surface area contributed by atoms with Crippen LogP contribution < -0.4 is 0 Å². The molecular formula is C6H13NOS. The SMILES string of the molecule is OCC[C@H]1CCCN1S. The van der Waals surface area contributed by atoms with Gasteiger partial charge in [0, 0.05) is 19.2 Å². The van der Waals surface area contributed by atoms with E-state index < -0.39 is 0 Å². The van der Waals surface area contributed by atoms with Gasteiger partial charge >= 0.3 is 0 Å². The van der Waals surface area contributed by atoms with E-state index >= 15 is 0 Å². The fourth-order valence-corrected chi connectivity index (χ4v) is 1.64. The average molecular weight is 147 g/mol. The van der Waals surface area contributed by atoms with Crippen LogP contribution in [0.25, 0.3) is 0 Å². The monoisotopic (exact) mass is 147 g/mol. The van der Waals surface area contributed by atoms with Gasteiger partial charge in [-0.05, 0) is 19.3 Å². The number of thiol groups is 1. The molecule has 0 spiro atoms. The summed E-state index contributed by atoms with van der Waals surface area (Å²) in [6.07, 6.45) is 3.31. The Kier molecular flexibility index (Phi) is 2.82. The molecule has 54 valence electrons. The molecule has 1 heterocycles. The smallest absolute Gasteiger partial charge is 0.0446 e. The Balaban J connectivity index is 2.22. The fourth-order valence-electron chi connectivity index (χ4n) is 1.26. The van der Waals surface area contributed by atoms with E-state index in [2.05, 4.69) is 12.8 Å². The number of hydrogen-bond donors (Lipinski definition) is 2. The first-order valence-corrected chi connectivity index (χ1v) is 3.81. The van der Waals surface area contributed by atoms with Crippen molar-refractivity contribution >= 4 is 12.8 Å². The van der Waals surface area contributed by atoms with Gasteiger partial charge in [-0.2, -0.15) is 0 Å². The second-order valence-corrected chi connectivity index (χ2v) is 2.99. The van der Waals surface area contributed by atoms with E-state index in [0.717, 1.165) is 13.0 Å². The first kappa shape index (κ1) is 7.38. The molecule has 1 atom stereocenters. The van der Waals surface area contributed by atoms with Crippen LogP contribution in [0.1, 0.15) is 19.3 Å². The first-order valence-electron chi connectivity index (χ1n) is 3.41. The highest BCUT2D eigenvalue weighted by atomic mass is 32.1. The maximum Gasteiger partial charge on any atom is 0.0446 e. The lowest BCUT2D eigenvalue weighted by molar-refractivity contribution is 0.252. The average Bonchev–Trinajstić information content (AvgIpc) is 2.18. The van der Waals surface area contributed by atoms with Gasteiger partial charge in [0.25, 0.3) is 0 Å². The maximum absolute atomic E-state index is 8.58. The summed E-state index contributed by atoms with van der Waals surface area (Å²) >= 11 is 4.24. The van der Waals surface area contributed by atoms with E-state index in [9.17, 15) is 0 Å². The Labute approximate surface area is 61.4 Å². The molecule has 0 aromatic carbocycles. The van der Waals surface area contributed by atoms with Gasteiger partial charge in [-0.1, -0.05) is 12.8 Å². The van der Waals surface area contributed by atoms with Gasteiger partial charge in [0.15, 0.2) is 0 Å². The lowest BCUT2D eigenvalue weighted by Crippen LogP contribution is -2.20. The molecule has 0 bridgehead atoms. The lowest BCUT2D eigenvalue weighted by atomic mass is 10.2. The molecule has 9 heavy (non-hydrogen) atoms. The minimum atomic E-state index is 0.293. The molecule has 2 nitrogen and oxygen atoms in total. The van der Waals surface area contributed by atoms with Crippen LogP contribution in [0.3, 0.4) is 0 Å². The van der Waals surface area contributed by atoms with Gasteiger partial charge < -0.3 is 5.11 Å². The van der Waals surface area contributed by atoms with Crippen molar-refractivity contribution in [1.29, 1.82) is 0 Å². The summed E-state index contributed by atoms with van der Waals surface area (Å²) in [4.78, 5) is 0. The molecule has 1 fully saturated rings. The maximum atomic E-state index is 8.58. The van der Waals surface area contributed by atoms with Crippen molar-refractivity contribution in [3.05, 3.63) is 0 Å². The van der Waals surface area contributed by atoms with Crippen molar-refractivity contribution in [2.75, 3.05) is 13.2 Å². The van der Waals surface area contributed by atoms with Gasteiger partial charge in [0.05, 0.1) is 0 Å². The van der Waals surface area contributed by atoms with Crippen LogP contribution in [0.15, 0.2) is 0 Å². The van der Waals surface area contributed by atoms with Crippen molar-refractivity contribution < 1.29 is 5.11 Å². The zero-order chi connectivity index (χ0) is 6.69. The van der Waals surface area contributed by atoms with E-state index in [1.54, 1.807) is 0 Å². The number of hydrogen-bond acceptors (Lipinski definition) is 3. The molecule has 1 aliphatic rings. The molecule has 0 unspecified atom stereocenters. The largest absolute Gasteiger partial charge is 0.396 e. The third kappa shape index (κ3) is 1.85. The summed E-state index contributed by atoms with van der Waals surface area (Å²) in [5.41, 5.74) is 0.